The van der Waals surface area contributed by atoms with Gasteiger partial charge in [0.2, 0.25) is 0 Å². The molecule has 17 heavy (non-hydrogen) atoms. The molecule has 2 rings (SSSR count). The summed E-state index contributed by atoms with van der Waals surface area (Å²) in [5.74, 6) is -0.573. The van der Waals surface area contributed by atoms with E-state index in [0.717, 1.165) is 0 Å². The predicted molar refractivity (Wildman–Crippen MR) is 60.7 cm³/mol. The number of benzene rings is 1. The summed E-state index contributed by atoms with van der Waals surface area (Å²) < 4.78 is 45.2. The number of ether oxygens (including phenoxy) is 1. The van der Waals surface area contributed by atoms with E-state index in [1.807, 2.05) is 0 Å². The molecule has 9 heteroatoms. The van der Waals surface area contributed by atoms with Gasteiger partial charge in [0.15, 0.2) is 11.3 Å². The third kappa shape index (κ3) is 2.63. The molecule has 0 aliphatic heterocycles. The molecule has 92 valence electrons. The maximum Gasteiger partial charge on any atom is 0.573 e. The van der Waals surface area contributed by atoms with E-state index in [1.165, 1.54) is 6.07 Å². The zero-order chi connectivity index (χ0) is 12.8. The lowest BCUT2D eigenvalue weighted by atomic mass is 10.3. The van der Waals surface area contributed by atoms with Crippen LogP contribution in [0.5, 0.6) is 5.75 Å². The van der Waals surface area contributed by atoms with Gasteiger partial charge in [-0.2, -0.15) is 0 Å². The average molecular weight is 349 g/mol. The summed E-state index contributed by atoms with van der Waals surface area (Å²) in [6.07, 6.45) is -4.84. The van der Waals surface area contributed by atoms with E-state index in [0.29, 0.717) is 0 Å². The van der Waals surface area contributed by atoms with E-state index in [2.05, 4.69) is 38.3 Å². The lowest BCUT2D eigenvalue weighted by molar-refractivity contribution is -0.274. The minimum Gasteiger partial charge on any atom is -0.430 e. The van der Waals surface area contributed by atoms with Crippen LogP contribution in [0.4, 0.5) is 13.2 Å². The van der Waals surface area contributed by atoms with Crippen LogP contribution >= 0.6 is 40.2 Å². The lowest BCUT2D eigenvalue weighted by Gasteiger charge is -2.11. The van der Waals surface area contributed by atoms with Crippen LogP contribution in [0.3, 0.4) is 0 Å². The van der Waals surface area contributed by atoms with Crippen LogP contribution < -0.4 is 4.74 Å². The summed E-state index contributed by atoms with van der Waals surface area (Å²) in [5, 5.41) is -0.218. The number of hydrogen-bond acceptors (Lipinski definition) is 4. The van der Waals surface area contributed by atoms with Gasteiger partial charge in [-0.1, -0.05) is 24.2 Å². The van der Waals surface area contributed by atoms with E-state index >= 15 is 0 Å². The van der Waals surface area contributed by atoms with Gasteiger partial charge in [0, 0.05) is 0 Å². The fourth-order valence-corrected chi connectivity index (χ4v) is 2.31. The summed E-state index contributed by atoms with van der Waals surface area (Å²) in [6, 6.07) is 1.20. The van der Waals surface area contributed by atoms with Crippen molar-refractivity contribution in [3.63, 3.8) is 0 Å². The molecule has 0 saturated heterocycles. The highest BCUT2D eigenvalue weighted by atomic mass is 79.9. The number of hydrogen-bond donors (Lipinski definition) is 1. The molecule has 0 aliphatic rings. The van der Waals surface area contributed by atoms with E-state index in [-0.39, 0.29) is 25.8 Å². The van der Waals surface area contributed by atoms with Crippen molar-refractivity contribution < 1.29 is 22.3 Å². The van der Waals surface area contributed by atoms with Crippen LogP contribution in [-0.4, -0.2) is 11.3 Å². The van der Waals surface area contributed by atoms with Gasteiger partial charge in [0.1, 0.15) is 9.99 Å². The molecule has 3 nitrogen and oxygen atoms in total. The molecule has 2 aromatic rings. The maximum absolute atomic E-state index is 12.1. The SMILES string of the molecule is FC(F)(F)Oc1c(Cl)cc2nc(S)oc2c1Br. The molecule has 0 bridgehead atoms. The van der Waals surface area contributed by atoms with E-state index in [4.69, 9.17) is 16.0 Å². The first kappa shape index (κ1) is 12.8. The summed E-state index contributed by atoms with van der Waals surface area (Å²) >= 11 is 12.4. The van der Waals surface area contributed by atoms with Gasteiger partial charge in [0.25, 0.3) is 5.22 Å². The molecule has 1 aromatic heterocycles. The summed E-state index contributed by atoms with van der Waals surface area (Å²) in [5.41, 5.74) is 0.361. The number of rotatable bonds is 1. The van der Waals surface area contributed by atoms with Crippen LogP contribution in [-0.2, 0) is 0 Å². The molecule has 0 N–H and O–H groups in total. The molecule has 1 heterocycles. The Morgan fingerprint density at radius 3 is 2.71 bits per heavy atom. The number of halogens is 5. The Kier molecular flexibility index (Phi) is 3.21. The van der Waals surface area contributed by atoms with Gasteiger partial charge >= 0.3 is 6.36 Å². The van der Waals surface area contributed by atoms with Crippen LogP contribution in [0.1, 0.15) is 0 Å². The van der Waals surface area contributed by atoms with E-state index in [9.17, 15) is 13.2 Å². The number of aromatic nitrogens is 1. The predicted octanol–water partition coefficient (Wildman–Crippen LogP) is 4.43. The summed E-state index contributed by atoms with van der Waals surface area (Å²) in [7, 11) is 0. The largest absolute Gasteiger partial charge is 0.573 e. The molecule has 0 spiro atoms. The summed E-state index contributed by atoms with van der Waals surface area (Å²) in [4.78, 5) is 3.82. The zero-order valence-electron chi connectivity index (χ0n) is 7.68. The van der Waals surface area contributed by atoms with Crippen LogP contribution in [0.25, 0.3) is 11.1 Å². The highest BCUT2D eigenvalue weighted by molar-refractivity contribution is 9.10. The van der Waals surface area contributed by atoms with Crippen molar-refractivity contribution in [1.29, 1.82) is 0 Å². The Morgan fingerprint density at radius 2 is 2.12 bits per heavy atom. The standard InChI is InChI=1S/C8H2BrClF3NO2S/c9-4-5(16-8(11,12)13)2(10)1-3-6(4)15-7(17)14-3/h1H,(H,14,17). The Hall–Kier alpha value is -0.600. The molecule has 0 saturated carbocycles. The van der Waals surface area contributed by atoms with Crippen LogP contribution in [0, 0.1) is 0 Å². The van der Waals surface area contributed by atoms with Crippen LogP contribution in [0.15, 0.2) is 20.2 Å². The second kappa shape index (κ2) is 4.25. The molecular weight excluding hydrogens is 347 g/mol. The maximum atomic E-state index is 12.1. The Labute approximate surface area is 111 Å². The first-order valence-electron chi connectivity index (χ1n) is 4.01. The normalized spacial score (nSPS) is 12.1. The fraction of sp³-hybridized carbons (Fsp3) is 0.125. The molecule has 1 aromatic carbocycles. The molecule has 0 atom stereocenters. The number of nitrogens with zero attached hydrogens (tertiary/aromatic N) is 1. The first-order chi connectivity index (χ1) is 7.78. The smallest absolute Gasteiger partial charge is 0.430 e. The lowest BCUT2D eigenvalue weighted by Crippen LogP contribution is -2.17. The second-order valence-corrected chi connectivity index (χ2v) is 4.48. The molecule has 0 radical (unpaired) electrons. The van der Waals surface area contributed by atoms with Gasteiger partial charge in [-0.3, -0.25) is 0 Å². The van der Waals surface area contributed by atoms with Crippen molar-refractivity contribution in [2.45, 2.75) is 11.6 Å². The van der Waals surface area contributed by atoms with Crippen molar-refractivity contribution in [2.24, 2.45) is 0 Å². The molecule has 0 fully saturated rings. The number of fused-ring (bicyclic) bond motifs is 1. The van der Waals surface area contributed by atoms with Crippen molar-refractivity contribution in [3.05, 3.63) is 15.6 Å². The Balaban J connectivity index is 2.63. The zero-order valence-corrected chi connectivity index (χ0v) is 10.9. The van der Waals surface area contributed by atoms with Gasteiger partial charge < -0.3 is 9.15 Å². The third-order valence-corrected chi connectivity index (χ3v) is 2.93. The molecule has 0 aliphatic carbocycles. The Morgan fingerprint density at radius 1 is 1.47 bits per heavy atom. The number of oxazole rings is 1. The van der Waals surface area contributed by atoms with E-state index in [1.54, 1.807) is 0 Å². The quantitative estimate of drug-likeness (QED) is 0.774. The highest BCUT2D eigenvalue weighted by Gasteiger charge is 2.34. The van der Waals surface area contributed by atoms with Gasteiger partial charge in [0.05, 0.1) is 5.02 Å². The minimum absolute atomic E-state index is 0.0147. The van der Waals surface area contributed by atoms with Crippen molar-refractivity contribution in [1.82, 2.24) is 4.98 Å². The van der Waals surface area contributed by atoms with Gasteiger partial charge in [-0.05, 0) is 22.0 Å². The van der Waals surface area contributed by atoms with Crippen molar-refractivity contribution in [3.8, 4) is 5.75 Å². The number of alkyl halides is 3. The average Bonchev–Trinajstić information content (AvgIpc) is 2.52. The van der Waals surface area contributed by atoms with Gasteiger partial charge in [-0.25, -0.2) is 4.98 Å². The van der Waals surface area contributed by atoms with Gasteiger partial charge in [-0.15, -0.1) is 13.2 Å². The molecule has 0 unspecified atom stereocenters. The monoisotopic (exact) mass is 347 g/mol. The molecule has 0 amide bonds. The van der Waals surface area contributed by atoms with Crippen molar-refractivity contribution >= 4 is 51.3 Å². The van der Waals surface area contributed by atoms with E-state index < -0.39 is 12.1 Å². The first-order valence-corrected chi connectivity index (χ1v) is 5.63. The number of thiol groups is 1. The topological polar surface area (TPSA) is 35.3 Å². The van der Waals surface area contributed by atoms with Crippen molar-refractivity contribution in [2.75, 3.05) is 0 Å². The van der Waals surface area contributed by atoms with Crippen LogP contribution in [0.2, 0.25) is 5.02 Å². The second-order valence-electron chi connectivity index (χ2n) is 2.89. The summed E-state index contributed by atoms with van der Waals surface area (Å²) in [6.45, 7) is 0. The minimum atomic E-state index is -4.84. The highest BCUT2D eigenvalue weighted by Crippen LogP contribution is 2.42. The molecular formula is C8H2BrClF3NO2S. The third-order valence-electron chi connectivity index (χ3n) is 1.74. The Bertz CT molecular complexity index is 586. The fourth-order valence-electron chi connectivity index (χ4n) is 1.18.